The molecule has 5 nitrogen and oxygen atoms in total. The van der Waals surface area contributed by atoms with E-state index >= 15 is 0 Å². The van der Waals surface area contributed by atoms with Crippen LogP contribution in [0.4, 0.5) is 5.69 Å². The van der Waals surface area contributed by atoms with E-state index in [-0.39, 0.29) is 11.8 Å². The summed E-state index contributed by atoms with van der Waals surface area (Å²) in [6.07, 6.45) is 0.250. The molecule has 0 saturated heterocycles. The summed E-state index contributed by atoms with van der Waals surface area (Å²) in [4.78, 5) is 25.8. The maximum atomic E-state index is 10.0. The van der Waals surface area contributed by atoms with Gasteiger partial charge in [-0.1, -0.05) is 18.2 Å². The Morgan fingerprint density at radius 2 is 1.58 bits per heavy atom. The molecular weight excluding hydrogens is 162 g/mol. The van der Waals surface area contributed by atoms with Gasteiger partial charge in [-0.25, -0.2) is 0 Å². The number of hydrogen-bond acceptors (Lipinski definition) is 4. The molecule has 0 unspecified atom stereocenters. The predicted octanol–water partition coefficient (Wildman–Crippen LogP) is 1.01. The third-order valence-electron chi connectivity index (χ3n) is 0.967. The molecule has 0 aromatic heterocycles. The molecule has 12 heavy (non-hydrogen) atoms. The van der Waals surface area contributed by atoms with Gasteiger partial charge in [-0.3, -0.25) is 10.1 Å². The fraction of sp³-hybridized carbons (Fsp3) is 0. The van der Waals surface area contributed by atoms with E-state index < -0.39 is 4.92 Å². The fourth-order valence-electron chi connectivity index (χ4n) is 0.550. The molecule has 1 aromatic carbocycles. The average molecular weight is 167 g/mol. The number of hydrogen-bond donors (Lipinski definition) is 0. The monoisotopic (exact) mass is 167 g/mol. The van der Waals surface area contributed by atoms with Gasteiger partial charge in [-0.15, -0.1) is 0 Å². The summed E-state index contributed by atoms with van der Waals surface area (Å²) in [6.45, 7) is 0. The van der Waals surface area contributed by atoms with Crippen molar-refractivity contribution in [3.8, 4) is 0 Å². The highest BCUT2D eigenvalue weighted by Crippen LogP contribution is 2.06. The van der Waals surface area contributed by atoms with Crippen LogP contribution in [0.2, 0.25) is 0 Å². The number of benzene rings is 1. The van der Waals surface area contributed by atoms with Crippen molar-refractivity contribution in [3.63, 3.8) is 0 Å². The van der Waals surface area contributed by atoms with E-state index in [9.17, 15) is 10.1 Å². The van der Waals surface area contributed by atoms with E-state index in [2.05, 4.69) is 0 Å². The number of carbonyl (C=O) groups excluding carboxylic acids is 2. The summed E-state index contributed by atoms with van der Waals surface area (Å²) in [5, 5.41) is 10.0. The van der Waals surface area contributed by atoms with Crippen molar-refractivity contribution in [2.75, 3.05) is 0 Å². The quantitative estimate of drug-likeness (QED) is 0.462. The third kappa shape index (κ3) is 3.92. The van der Waals surface area contributed by atoms with Gasteiger partial charge in [0, 0.05) is 12.1 Å². The molecule has 0 aliphatic heterocycles. The highest BCUT2D eigenvalue weighted by molar-refractivity contribution is 5.27. The maximum absolute atomic E-state index is 10.0. The normalized spacial score (nSPS) is 7.33. The number of rotatable bonds is 1. The average Bonchev–Trinajstić information content (AvgIpc) is 2.07. The summed E-state index contributed by atoms with van der Waals surface area (Å²) in [5.74, 6) is 0. The van der Waals surface area contributed by atoms with Crippen molar-refractivity contribution in [1.29, 1.82) is 0 Å². The van der Waals surface area contributed by atoms with Crippen molar-refractivity contribution < 1.29 is 14.5 Å². The SMILES string of the molecule is O=C=O.O=[N+]([O-])c1ccccc1. The van der Waals surface area contributed by atoms with Crippen molar-refractivity contribution in [1.82, 2.24) is 0 Å². The Balaban J connectivity index is 0.000000354. The van der Waals surface area contributed by atoms with Crippen LogP contribution in [-0.4, -0.2) is 11.1 Å². The number of para-hydroxylation sites is 1. The molecule has 0 heterocycles. The van der Waals surface area contributed by atoms with Crippen LogP contribution in [-0.2, 0) is 9.59 Å². The molecule has 0 atom stereocenters. The van der Waals surface area contributed by atoms with Gasteiger partial charge >= 0.3 is 6.15 Å². The lowest BCUT2D eigenvalue weighted by Gasteiger charge is -1.85. The Labute approximate surface area is 67.8 Å². The van der Waals surface area contributed by atoms with Gasteiger partial charge in [0.2, 0.25) is 0 Å². The van der Waals surface area contributed by atoms with Crippen LogP contribution in [0.3, 0.4) is 0 Å². The van der Waals surface area contributed by atoms with Crippen LogP contribution in [0.5, 0.6) is 0 Å². The predicted molar refractivity (Wildman–Crippen MR) is 38.1 cm³/mol. The Kier molecular flexibility index (Phi) is 4.80. The van der Waals surface area contributed by atoms with Crippen molar-refractivity contribution in [2.45, 2.75) is 0 Å². The summed E-state index contributed by atoms with van der Waals surface area (Å²) in [5.41, 5.74) is 0.137. The van der Waals surface area contributed by atoms with Gasteiger partial charge in [0.1, 0.15) is 0 Å². The summed E-state index contributed by atoms with van der Waals surface area (Å²) in [7, 11) is 0. The first-order valence-electron chi connectivity index (χ1n) is 2.91. The lowest BCUT2D eigenvalue weighted by molar-refractivity contribution is -0.384. The van der Waals surface area contributed by atoms with Crippen molar-refractivity contribution >= 4 is 11.8 Å². The molecule has 1 aromatic rings. The summed E-state index contributed by atoms with van der Waals surface area (Å²) in [6, 6.07) is 7.93. The van der Waals surface area contributed by atoms with Crippen LogP contribution < -0.4 is 0 Å². The van der Waals surface area contributed by atoms with Crippen LogP contribution in [0.25, 0.3) is 0 Å². The van der Waals surface area contributed by atoms with E-state index in [0.29, 0.717) is 0 Å². The highest BCUT2D eigenvalue weighted by atomic mass is 16.6. The smallest absolute Gasteiger partial charge is 0.258 e. The zero-order valence-electron chi connectivity index (χ0n) is 5.97. The van der Waals surface area contributed by atoms with Crippen LogP contribution in [0.15, 0.2) is 30.3 Å². The largest absolute Gasteiger partial charge is 0.373 e. The Morgan fingerprint density at radius 1 is 1.17 bits per heavy atom. The minimum atomic E-state index is -0.417. The molecular formula is C7H5NO4. The first-order chi connectivity index (χ1) is 5.72. The van der Waals surface area contributed by atoms with Crippen LogP contribution >= 0.6 is 0 Å². The Morgan fingerprint density at radius 3 is 1.83 bits per heavy atom. The zero-order chi connectivity index (χ0) is 9.40. The number of nitrogens with zero attached hydrogens (tertiary/aromatic N) is 1. The molecule has 62 valence electrons. The number of nitro groups is 1. The minimum Gasteiger partial charge on any atom is -0.258 e. The van der Waals surface area contributed by atoms with Gasteiger partial charge in [0.05, 0.1) is 4.92 Å². The third-order valence-corrected chi connectivity index (χ3v) is 0.967. The van der Waals surface area contributed by atoms with E-state index in [0.717, 1.165) is 0 Å². The lowest BCUT2D eigenvalue weighted by Crippen LogP contribution is -1.84. The van der Waals surface area contributed by atoms with E-state index in [1.807, 2.05) is 0 Å². The van der Waals surface area contributed by atoms with E-state index in [4.69, 9.17) is 9.59 Å². The van der Waals surface area contributed by atoms with Gasteiger partial charge in [0.25, 0.3) is 5.69 Å². The fourth-order valence-corrected chi connectivity index (χ4v) is 0.550. The molecule has 0 bridgehead atoms. The van der Waals surface area contributed by atoms with Gasteiger partial charge in [-0.2, -0.15) is 9.59 Å². The van der Waals surface area contributed by atoms with E-state index in [1.54, 1.807) is 18.2 Å². The zero-order valence-corrected chi connectivity index (χ0v) is 5.97. The second kappa shape index (κ2) is 5.76. The van der Waals surface area contributed by atoms with Crippen molar-refractivity contribution in [2.24, 2.45) is 0 Å². The first-order valence-corrected chi connectivity index (χ1v) is 2.91. The topological polar surface area (TPSA) is 77.3 Å². The van der Waals surface area contributed by atoms with Crippen LogP contribution in [0, 0.1) is 10.1 Å². The lowest BCUT2D eigenvalue weighted by atomic mass is 10.3. The molecule has 5 heteroatoms. The number of nitro benzene ring substituents is 1. The van der Waals surface area contributed by atoms with E-state index in [1.165, 1.54) is 12.1 Å². The molecule has 1 rings (SSSR count). The molecule has 0 amide bonds. The molecule has 0 radical (unpaired) electrons. The highest BCUT2D eigenvalue weighted by Gasteiger charge is 1.98. The molecule has 0 spiro atoms. The van der Waals surface area contributed by atoms with Gasteiger partial charge in [-0.05, 0) is 0 Å². The molecule has 0 aliphatic rings. The minimum absolute atomic E-state index is 0.137. The molecule has 0 saturated carbocycles. The number of non-ortho nitro benzene ring substituents is 1. The molecule has 0 N–H and O–H groups in total. The maximum Gasteiger partial charge on any atom is 0.373 e. The summed E-state index contributed by atoms with van der Waals surface area (Å²) >= 11 is 0. The second-order valence-corrected chi connectivity index (χ2v) is 1.68. The molecule has 0 aliphatic carbocycles. The Hall–Kier alpha value is -2.00. The van der Waals surface area contributed by atoms with Crippen molar-refractivity contribution in [3.05, 3.63) is 40.4 Å². The first kappa shape index (κ1) is 10.0. The summed E-state index contributed by atoms with van der Waals surface area (Å²) < 4.78 is 0. The van der Waals surface area contributed by atoms with Gasteiger partial charge < -0.3 is 0 Å². The Bertz CT molecular complexity index is 277. The van der Waals surface area contributed by atoms with Crippen LogP contribution in [0.1, 0.15) is 0 Å². The standard InChI is InChI=1S/C6H5NO2.CO2/c8-7(9)6-4-2-1-3-5-6;2-1-3/h1-5H;. The second-order valence-electron chi connectivity index (χ2n) is 1.68. The van der Waals surface area contributed by atoms with Gasteiger partial charge in [0.15, 0.2) is 0 Å². The molecule has 0 fully saturated rings.